The zero-order valence-electron chi connectivity index (χ0n) is 13.9. The molecule has 2 aromatic rings. The monoisotopic (exact) mass is 413 g/mol. The van der Waals surface area contributed by atoms with Gasteiger partial charge in [0, 0.05) is 17.8 Å². The van der Waals surface area contributed by atoms with Crippen LogP contribution in [0.4, 0.5) is 11.5 Å². The number of ether oxygens (including phenoxy) is 1. The maximum absolute atomic E-state index is 9.96. The van der Waals surface area contributed by atoms with Crippen LogP contribution in [0, 0.1) is 6.92 Å². The SMILES string of the molecule is Cc1cnc(Nc2cc(Cl)ccc2OCC(O)CN(C)C)c(Br)c1. The number of aliphatic hydroxyl groups is 1. The number of aromatic nitrogens is 1. The van der Waals surface area contributed by atoms with E-state index in [0.29, 0.717) is 28.8 Å². The molecule has 0 saturated carbocycles. The van der Waals surface area contributed by atoms with Gasteiger partial charge in [0.25, 0.3) is 0 Å². The molecule has 2 N–H and O–H groups in total. The molecule has 1 aromatic carbocycles. The lowest BCUT2D eigenvalue weighted by molar-refractivity contribution is 0.0834. The lowest BCUT2D eigenvalue weighted by Crippen LogP contribution is -2.30. The molecule has 0 fully saturated rings. The quantitative estimate of drug-likeness (QED) is 0.721. The molecule has 0 aliphatic carbocycles. The third-order valence-electron chi connectivity index (χ3n) is 3.18. The van der Waals surface area contributed by atoms with Gasteiger partial charge < -0.3 is 20.1 Å². The maximum atomic E-state index is 9.96. The largest absolute Gasteiger partial charge is 0.489 e. The van der Waals surface area contributed by atoms with Crippen molar-refractivity contribution in [1.29, 1.82) is 0 Å². The molecular formula is C17H21BrClN3O2. The van der Waals surface area contributed by atoms with Crippen LogP contribution in [-0.4, -0.2) is 48.3 Å². The van der Waals surface area contributed by atoms with Crippen molar-refractivity contribution >= 4 is 39.0 Å². The highest BCUT2D eigenvalue weighted by Gasteiger charge is 2.11. The van der Waals surface area contributed by atoms with Gasteiger partial charge in [-0.3, -0.25) is 0 Å². The molecule has 7 heteroatoms. The van der Waals surface area contributed by atoms with Gasteiger partial charge in [0.05, 0.1) is 10.2 Å². The predicted molar refractivity (Wildman–Crippen MR) is 101 cm³/mol. The van der Waals surface area contributed by atoms with Crippen molar-refractivity contribution in [2.75, 3.05) is 32.6 Å². The summed E-state index contributed by atoms with van der Waals surface area (Å²) in [4.78, 5) is 6.27. The molecule has 0 aliphatic rings. The van der Waals surface area contributed by atoms with E-state index in [1.807, 2.05) is 32.0 Å². The van der Waals surface area contributed by atoms with Crippen molar-refractivity contribution in [3.8, 4) is 5.75 Å². The lowest BCUT2D eigenvalue weighted by atomic mass is 10.2. The summed E-state index contributed by atoms with van der Waals surface area (Å²) in [6.45, 7) is 2.69. The Morgan fingerprint density at radius 2 is 2.12 bits per heavy atom. The summed E-state index contributed by atoms with van der Waals surface area (Å²) in [7, 11) is 3.80. The first-order valence-corrected chi connectivity index (χ1v) is 8.66. The molecule has 1 aromatic heterocycles. The van der Waals surface area contributed by atoms with Crippen LogP contribution in [0.2, 0.25) is 5.02 Å². The molecule has 24 heavy (non-hydrogen) atoms. The molecule has 0 bridgehead atoms. The molecule has 1 unspecified atom stereocenters. The van der Waals surface area contributed by atoms with E-state index in [2.05, 4.69) is 26.2 Å². The smallest absolute Gasteiger partial charge is 0.144 e. The highest BCUT2D eigenvalue weighted by atomic mass is 79.9. The summed E-state index contributed by atoms with van der Waals surface area (Å²) in [6, 6.07) is 7.26. The van der Waals surface area contributed by atoms with E-state index < -0.39 is 6.10 Å². The Bertz CT molecular complexity index is 698. The lowest BCUT2D eigenvalue weighted by Gasteiger charge is -2.18. The van der Waals surface area contributed by atoms with Crippen molar-refractivity contribution in [3.63, 3.8) is 0 Å². The summed E-state index contributed by atoms with van der Waals surface area (Å²) in [5, 5.41) is 13.8. The second-order valence-electron chi connectivity index (χ2n) is 5.84. The molecule has 0 saturated heterocycles. The second kappa shape index (κ2) is 8.67. The maximum Gasteiger partial charge on any atom is 0.144 e. The van der Waals surface area contributed by atoms with Crippen molar-refractivity contribution in [1.82, 2.24) is 9.88 Å². The number of hydrogen-bond donors (Lipinski definition) is 2. The fourth-order valence-corrected chi connectivity index (χ4v) is 2.87. The third kappa shape index (κ3) is 5.63. The van der Waals surface area contributed by atoms with E-state index in [1.54, 1.807) is 24.4 Å². The van der Waals surface area contributed by atoms with Crippen LogP contribution in [-0.2, 0) is 0 Å². The van der Waals surface area contributed by atoms with Gasteiger partial charge in [-0.05, 0) is 66.8 Å². The van der Waals surface area contributed by atoms with Gasteiger partial charge in [0.2, 0.25) is 0 Å². The minimum Gasteiger partial charge on any atom is -0.489 e. The van der Waals surface area contributed by atoms with Gasteiger partial charge in [-0.25, -0.2) is 4.98 Å². The van der Waals surface area contributed by atoms with Gasteiger partial charge in [-0.1, -0.05) is 11.6 Å². The number of benzene rings is 1. The van der Waals surface area contributed by atoms with Crippen LogP contribution < -0.4 is 10.1 Å². The van der Waals surface area contributed by atoms with Crippen molar-refractivity contribution in [2.24, 2.45) is 0 Å². The number of nitrogens with zero attached hydrogens (tertiary/aromatic N) is 2. The molecular weight excluding hydrogens is 394 g/mol. The summed E-state index contributed by atoms with van der Waals surface area (Å²) < 4.78 is 6.60. The van der Waals surface area contributed by atoms with E-state index in [-0.39, 0.29) is 6.61 Å². The van der Waals surface area contributed by atoms with E-state index in [9.17, 15) is 5.11 Å². The number of nitrogens with one attached hydrogen (secondary N) is 1. The van der Waals surface area contributed by atoms with E-state index in [1.165, 1.54) is 0 Å². The molecule has 1 atom stereocenters. The number of aryl methyl sites for hydroxylation is 1. The average Bonchev–Trinajstić information content (AvgIpc) is 2.48. The van der Waals surface area contributed by atoms with Crippen LogP contribution in [0.15, 0.2) is 34.9 Å². The Labute approximate surface area is 155 Å². The van der Waals surface area contributed by atoms with Crippen LogP contribution >= 0.6 is 27.5 Å². The Balaban J connectivity index is 2.15. The normalized spacial score (nSPS) is 12.3. The molecule has 5 nitrogen and oxygen atoms in total. The summed E-state index contributed by atoms with van der Waals surface area (Å²) >= 11 is 9.59. The van der Waals surface area contributed by atoms with Gasteiger partial charge in [0.1, 0.15) is 24.3 Å². The number of likely N-dealkylation sites (N-methyl/N-ethyl adjacent to an activating group) is 1. The molecule has 0 spiro atoms. The van der Waals surface area contributed by atoms with E-state index in [4.69, 9.17) is 16.3 Å². The molecule has 130 valence electrons. The molecule has 0 aliphatic heterocycles. The van der Waals surface area contributed by atoms with E-state index >= 15 is 0 Å². The van der Waals surface area contributed by atoms with Gasteiger partial charge in [-0.2, -0.15) is 0 Å². The number of anilines is 2. The number of hydrogen-bond acceptors (Lipinski definition) is 5. The number of rotatable bonds is 7. The summed E-state index contributed by atoms with van der Waals surface area (Å²) in [6.07, 6.45) is 1.20. The number of halogens is 2. The molecule has 2 rings (SSSR count). The zero-order chi connectivity index (χ0) is 17.7. The number of pyridine rings is 1. The molecule has 0 radical (unpaired) electrons. The Kier molecular flexibility index (Phi) is 6.86. The second-order valence-corrected chi connectivity index (χ2v) is 7.13. The fourth-order valence-electron chi connectivity index (χ4n) is 2.14. The van der Waals surface area contributed by atoms with Crippen LogP contribution in [0.5, 0.6) is 5.75 Å². The van der Waals surface area contributed by atoms with Crippen molar-refractivity contribution in [2.45, 2.75) is 13.0 Å². The minimum absolute atomic E-state index is 0.191. The zero-order valence-corrected chi connectivity index (χ0v) is 16.2. The first-order valence-electron chi connectivity index (χ1n) is 7.49. The number of aliphatic hydroxyl groups excluding tert-OH is 1. The fraction of sp³-hybridized carbons (Fsp3) is 0.353. The summed E-state index contributed by atoms with van der Waals surface area (Å²) in [5.74, 6) is 1.27. The van der Waals surface area contributed by atoms with Gasteiger partial charge in [0.15, 0.2) is 0 Å². The van der Waals surface area contributed by atoms with Crippen LogP contribution in [0.1, 0.15) is 5.56 Å². The van der Waals surface area contributed by atoms with Crippen molar-refractivity contribution in [3.05, 3.63) is 45.5 Å². The summed E-state index contributed by atoms with van der Waals surface area (Å²) in [5.41, 5.74) is 1.75. The molecule has 0 amide bonds. The first-order chi connectivity index (χ1) is 11.3. The van der Waals surface area contributed by atoms with Gasteiger partial charge in [-0.15, -0.1) is 0 Å². The Morgan fingerprint density at radius 1 is 1.38 bits per heavy atom. The highest BCUT2D eigenvalue weighted by molar-refractivity contribution is 9.10. The molecule has 1 heterocycles. The van der Waals surface area contributed by atoms with Crippen LogP contribution in [0.3, 0.4) is 0 Å². The average molecular weight is 415 g/mol. The Hall–Kier alpha value is -1.34. The van der Waals surface area contributed by atoms with Crippen molar-refractivity contribution < 1.29 is 9.84 Å². The first kappa shape index (κ1) is 19.0. The van der Waals surface area contributed by atoms with E-state index in [0.717, 1.165) is 10.0 Å². The Morgan fingerprint density at radius 3 is 2.79 bits per heavy atom. The van der Waals surface area contributed by atoms with Crippen LogP contribution in [0.25, 0.3) is 0 Å². The topological polar surface area (TPSA) is 57.6 Å². The minimum atomic E-state index is -0.576. The predicted octanol–water partition coefficient (Wildman–Crippen LogP) is 3.85. The standard InChI is InChI=1S/C17H21BrClN3O2/c1-11-6-14(18)17(20-8-11)21-15-7-12(19)4-5-16(15)24-10-13(23)9-22(2)3/h4-8,13,23H,9-10H2,1-3H3,(H,20,21). The van der Waals surface area contributed by atoms with Gasteiger partial charge >= 0.3 is 0 Å². The third-order valence-corrected chi connectivity index (χ3v) is 4.02. The highest BCUT2D eigenvalue weighted by Crippen LogP contribution is 2.32.